The van der Waals surface area contributed by atoms with Crippen molar-refractivity contribution in [3.05, 3.63) is 32.5 Å². The fourth-order valence-corrected chi connectivity index (χ4v) is 4.28. The molecule has 0 unspecified atom stereocenters. The Balaban J connectivity index is 1.62. The highest BCUT2D eigenvalue weighted by Crippen LogP contribution is 2.36. The molecule has 1 atom stereocenters. The second-order valence-corrected chi connectivity index (χ2v) is 7.42. The Labute approximate surface area is 140 Å². The molecule has 2 aromatic rings. The summed E-state index contributed by atoms with van der Waals surface area (Å²) in [6.45, 7) is 6.03. The average molecular weight is 333 g/mol. The van der Waals surface area contributed by atoms with Crippen LogP contribution < -0.4 is 0 Å². The van der Waals surface area contributed by atoms with E-state index in [4.69, 9.17) is 4.74 Å². The van der Waals surface area contributed by atoms with E-state index in [0.29, 0.717) is 12.8 Å². The topological polar surface area (TPSA) is 57.0 Å². The van der Waals surface area contributed by atoms with Gasteiger partial charge in [0.1, 0.15) is 6.10 Å². The molecule has 2 aromatic heterocycles. The summed E-state index contributed by atoms with van der Waals surface area (Å²) in [4.78, 5) is 18.0. The minimum absolute atomic E-state index is 0.103. The van der Waals surface area contributed by atoms with Gasteiger partial charge in [0.25, 0.3) is 0 Å². The molecule has 23 heavy (non-hydrogen) atoms. The third-order valence-electron chi connectivity index (χ3n) is 4.52. The predicted octanol–water partition coefficient (Wildman–Crippen LogP) is 3.36. The highest BCUT2D eigenvalue weighted by molar-refractivity contribution is 7.11. The highest BCUT2D eigenvalue weighted by atomic mass is 32.1. The van der Waals surface area contributed by atoms with Gasteiger partial charge in [-0.25, -0.2) is 4.98 Å². The summed E-state index contributed by atoms with van der Waals surface area (Å²) in [5.41, 5.74) is 4.39. The molecule has 0 aromatic carbocycles. The smallest absolute Gasteiger partial charge is 0.306 e. The number of aromatic nitrogens is 3. The first-order valence-electron chi connectivity index (χ1n) is 8.10. The lowest BCUT2D eigenvalue weighted by Gasteiger charge is -2.21. The van der Waals surface area contributed by atoms with Gasteiger partial charge < -0.3 is 4.74 Å². The number of esters is 1. The van der Waals surface area contributed by atoms with Crippen molar-refractivity contribution in [2.75, 3.05) is 0 Å². The molecule has 0 aliphatic heterocycles. The van der Waals surface area contributed by atoms with Gasteiger partial charge in [-0.15, -0.1) is 11.3 Å². The first-order chi connectivity index (χ1) is 11.0. The molecular formula is C17H23N3O2S. The van der Waals surface area contributed by atoms with Crippen LogP contribution in [0.2, 0.25) is 0 Å². The fourth-order valence-electron chi connectivity index (χ4n) is 3.24. The zero-order valence-corrected chi connectivity index (χ0v) is 15.0. The lowest BCUT2D eigenvalue weighted by molar-refractivity contribution is -0.150. The predicted molar refractivity (Wildman–Crippen MR) is 89.6 cm³/mol. The first kappa shape index (κ1) is 16.2. The molecule has 124 valence electrons. The van der Waals surface area contributed by atoms with Gasteiger partial charge in [0, 0.05) is 19.2 Å². The van der Waals surface area contributed by atoms with Crippen LogP contribution in [0, 0.1) is 20.8 Å². The monoisotopic (exact) mass is 333 g/mol. The summed E-state index contributed by atoms with van der Waals surface area (Å²) in [6.07, 6.45) is 3.93. The van der Waals surface area contributed by atoms with Crippen molar-refractivity contribution in [3.8, 4) is 0 Å². The molecule has 0 saturated carbocycles. The quantitative estimate of drug-likeness (QED) is 0.805. The minimum atomic E-state index is -0.128. The molecule has 0 saturated heterocycles. The van der Waals surface area contributed by atoms with Gasteiger partial charge >= 0.3 is 5.97 Å². The number of rotatable bonds is 4. The van der Waals surface area contributed by atoms with E-state index in [9.17, 15) is 4.79 Å². The van der Waals surface area contributed by atoms with Gasteiger partial charge in [-0.05, 0) is 52.0 Å². The normalized spacial score (nSPS) is 17.1. The number of thiazole rings is 1. The second-order valence-electron chi connectivity index (χ2n) is 6.19. The molecule has 0 spiro atoms. The molecule has 0 amide bonds. The van der Waals surface area contributed by atoms with Crippen LogP contribution in [-0.2, 0) is 29.4 Å². The Bertz CT molecular complexity index is 733. The van der Waals surface area contributed by atoms with Crippen molar-refractivity contribution in [1.82, 2.24) is 14.8 Å². The summed E-state index contributed by atoms with van der Waals surface area (Å²) >= 11 is 1.66. The summed E-state index contributed by atoms with van der Waals surface area (Å²) in [7, 11) is 1.93. The van der Waals surface area contributed by atoms with Crippen LogP contribution in [0.5, 0.6) is 0 Å². The van der Waals surface area contributed by atoms with Crippen LogP contribution in [0.4, 0.5) is 0 Å². The third kappa shape index (κ3) is 3.32. The Morgan fingerprint density at radius 2 is 2.17 bits per heavy atom. The van der Waals surface area contributed by atoms with E-state index in [-0.39, 0.29) is 12.1 Å². The van der Waals surface area contributed by atoms with E-state index in [1.807, 2.05) is 32.5 Å². The summed E-state index contributed by atoms with van der Waals surface area (Å²) in [5, 5.41) is 5.45. The van der Waals surface area contributed by atoms with Crippen LogP contribution in [0.15, 0.2) is 0 Å². The Morgan fingerprint density at radius 3 is 2.87 bits per heavy atom. The molecular weight excluding hydrogens is 310 g/mol. The summed E-state index contributed by atoms with van der Waals surface area (Å²) in [6, 6.07) is 0. The zero-order chi connectivity index (χ0) is 16.6. The molecule has 0 bridgehead atoms. The molecule has 0 fully saturated rings. The van der Waals surface area contributed by atoms with Crippen molar-refractivity contribution in [2.24, 2.45) is 7.05 Å². The lowest BCUT2D eigenvalue weighted by Crippen LogP contribution is -2.16. The first-order valence-corrected chi connectivity index (χ1v) is 8.92. The number of hydrogen-bond acceptors (Lipinski definition) is 5. The third-order valence-corrected chi connectivity index (χ3v) is 5.62. The number of nitrogens with zero attached hydrogens (tertiary/aromatic N) is 3. The van der Waals surface area contributed by atoms with Gasteiger partial charge in [-0.1, -0.05) is 0 Å². The molecule has 0 radical (unpaired) electrons. The van der Waals surface area contributed by atoms with Gasteiger partial charge in [-0.3, -0.25) is 9.48 Å². The maximum atomic E-state index is 12.3. The summed E-state index contributed by atoms with van der Waals surface area (Å²) in [5.74, 6) is -0.128. The number of carbonyl (C=O) groups is 1. The maximum absolute atomic E-state index is 12.3. The highest BCUT2D eigenvalue weighted by Gasteiger charge is 2.27. The molecule has 3 rings (SSSR count). The van der Waals surface area contributed by atoms with Gasteiger partial charge in [0.15, 0.2) is 0 Å². The van der Waals surface area contributed by atoms with Gasteiger partial charge in [0.2, 0.25) is 0 Å². The van der Waals surface area contributed by atoms with Crippen LogP contribution >= 0.6 is 11.3 Å². The SMILES string of the molecule is Cc1nc2c(s1)[C@@H](OC(=O)CCc1c(C)nn(C)c1C)CCC2. The van der Waals surface area contributed by atoms with Crippen LogP contribution in [0.25, 0.3) is 0 Å². The Kier molecular flexibility index (Phi) is 4.53. The van der Waals surface area contributed by atoms with Gasteiger partial charge in [0.05, 0.1) is 21.3 Å². The number of ether oxygens (including phenoxy) is 1. The van der Waals surface area contributed by atoms with Crippen molar-refractivity contribution >= 4 is 17.3 Å². The van der Waals surface area contributed by atoms with E-state index in [1.165, 1.54) is 0 Å². The largest absolute Gasteiger partial charge is 0.457 e. The maximum Gasteiger partial charge on any atom is 0.306 e. The van der Waals surface area contributed by atoms with Crippen molar-refractivity contribution < 1.29 is 9.53 Å². The van der Waals surface area contributed by atoms with E-state index < -0.39 is 0 Å². The second kappa shape index (κ2) is 6.43. The molecule has 1 aliphatic carbocycles. The molecule has 5 nitrogen and oxygen atoms in total. The Morgan fingerprint density at radius 1 is 1.39 bits per heavy atom. The minimum Gasteiger partial charge on any atom is -0.457 e. The number of aryl methyl sites for hydroxylation is 4. The van der Waals surface area contributed by atoms with Crippen molar-refractivity contribution in [3.63, 3.8) is 0 Å². The van der Waals surface area contributed by atoms with Crippen molar-refractivity contribution in [1.29, 1.82) is 0 Å². The average Bonchev–Trinajstić information content (AvgIpc) is 2.98. The lowest BCUT2D eigenvalue weighted by atomic mass is 10.0. The van der Waals surface area contributed by atoms with Crippen molar-refractivity contribution in [2.45, 2.75) is 59.0 Å². The number of hydrogen-bond donors (Lipinski definition) is 0. The van der Waals surface area contributed by atoms with E-state index in [2.05, 4.69) is 10.1 Å². The molecule has 2 heterocycles. The van der Waals surface area contributed by atoms with E-state index in [1.54, 1.807) is 11.3 Å². The molecule has 0 N–H and O–H groups in total. The van der Waals surface area contributed by atoms with Gasteiger partial charge in [-0.2, -0.15) is 5.10 Å². The Hall–Kier alpha value is -1.69. The molecule has 1 aliphatic rings. The molecule has 6 heteroatoms. The summed E-state index contributed by atoms with van der Waals surface area (Å²) < 4.78 is 7.61. The zero-order valence-electron chi connectivity index (χ0n) is 14.2. The van der Waals surface area contributed by atoms with Crippen LogP contribution in [0.3, 0.4) is 0 Å². The van der Waals surface area contributed by atoms with Crippen LogP contribution in [-0.4, -0.2) is 20.7 Å². The number of carbonyl (C=O) groups excluding carboxylic acids is 1. The number of fused-ring (bicyclic) bond motifs is 1. The van der Waals surface area contributed by atoms with E-state index in [0.717, 1.165) is 51.8 Å². The van der Waals surface area contributed by atoms with E-state index >= 15 is 0 Å². The standard InChI is InChI=1S/C17H23N3O2S/c1-10-13(11(2)20(4)19-10)8-9-16(21)22-15-7-5-6-14-17(15)23-12(3)18-14/h15H,5-9H2,1-4H3/t15-/m0/s1. The fraction of sp³-hybridized carbons (Fsp3) is 0.588. The van der Waals surface area contributed by atoms with Crippen LogP contribution in [0.1, 0.15) is 57.9 Å².